The normalized spacial score (nSPS) is 10.9. The molecule has 0 bridgehead atoms. The number of nitrogens with zero attached hydrogens (tertiary/aromatic N) is 4. The standard InChI is InChI=1S/C14H13ClN4O2/c1-8-16-4-5-19(8)13-9-6-11(20-2)12(21-3)7-10(9)17-14(15)18-13/h4-7H,1-3H3. The van der Waals surface area contributed by atoms with E-state index in [0.29, 0.717) is 22.8 Å². The molecule has 0 radical (unpaired) electrons. The van der Waals surface area contributed by atoms with Crippen molar-refractivity contribution in [2.75, 3.05) is 14.2 Å². The molecule has 0 aliphatic carbocycles. The Hall–Kier alpha value is -2.34. The van der Waals surface area contributed by atoms with E-state index >= 15 is 0 Å². The van der Waals surface area contributed by atoms with E-state index in [9.17, 15) is 0 Å². The Kier molecular flexibility index (Phi) is 3.39. The summed E-state index contributed by atoms with van der Waals surface area (Å²) in [4.78, 5) is 12.8. The van der Waals surface area contributed by atoms with Crippen LogP contribution in [0.1, 0.15) is 5.82 Å². The van der Waals surface area contributed by atoms with E-state index in [4.69, 9.17) is 21.1 Å². The van der Waals surface area contributed by atoms with Crippen molar-refractivity contribution in [3.05, 3.63) is 35.6 Å². The van der Waals surface area contributed by atoms with Crippen LogP contribution in [-0.2, 0) is 0 Å². The van der Waals surface area contributed by atoms with Crippen LogP contribution in [0, 0.1) is 6.92 Å². The Morgan fingerprint density at radius 2 is 1.81 bits per heavy atom. The number of benzene rings is 1. The summed E-state index contributed by atoms with van der Waals surface area (Å²) in [7, 11) is 3.16. The van der Waals surface area contributed by atoms with E-state index in [1.54, 1.807) is 26.5 Å². The molecule has 3 rings (SSSR count). The van der Waals surface area contributed by atoms with Gasteiger partial charge in [-0.3, -0.25) is 4.57 Å². The van der Waals surface area contributed by atoms with E-state index < -0.39 is 0 Å². The Balaban J connectivity index is 2.36. The van der Waals surface area contributed by atoms with Crippen molar-refractivity contribution >= 4 is 22.5 Å². The fourth-order valence-corrected chi connectivity index (χ4v) is 2.37. The number of methoxy groups -OCH3 is 2. The number of imidazole rings is 1. The zero-order valence-electron chi connectivity index (χ0n) is 11.8. The zero-order chi connectivity index (χ0) is 15.0. The van der Waals surface area contributed by atoms with Crippen molar-refractivity contribution in [1.82, 2.24) is 19.5 Å². The molecule has 0 saturated carbocycles. The molecular formula is C14H13ClN4O2. The Morgan fingerprint density at radius 1 is 1.10 bits per heavy atom. The van der Waals surface area contributed by atoms with Gasteiger partial charge in [0.05, 0.1) is 19.7 Å². The summed E-state index contributed by atoms with van der Waals surface area (Å²) in [6.45, 7) is 1.89. The monoisotopic (exact) mass is 304 g/mol. The van der Waals surface area contributed by atoms with Gasteiger partial charge in [-0.25, -0.2) is 9.97 Å². The number of fused-ring (bicyclic) bond motifs is 1. The molecule has 7 heteroatoms. The largest absolute Gasteiger partial charge is 0.493 e. The molecule has 0 unspecified atom stereocenters. The van der Waals surface area contributed by atoms with Crippen LogP contribution < -0.4 is 9.47 Å². The van der Waals surface area contributed by atoms with Gasteiger partial charge in [-0.05, 0) is 24.6 Å². The van der Waals surface area contributed by atoms with E-state index in [2.05, 4.69) is 15.0 Å². The maximum Gasteiger partial charge on any atom is 0.224 e. The van der Waals surface area contributed by atoms with Crippen molar-refractivity contribution in [2.45, 2.75) is 6.92 Å². The lowest BCUT2D eigenvalue weighted by Crippen LogP contribution is -2.02. The van der Waals surface area contributed by atoms with E-state index in [1.807, 2.05) is 23.8 Å². The first-order valence-corrected chi connectivity index (χ1v) is 6.61. The second-order valence-corrected chi connectivity index (χ2v) is 4.72. The maximum absolute atomic E-state index is 6.03. The van der Waals surface area contributed by atoms with Gasteiger partial charge in [0.1, 0.15) is 5.82 Å². The molecule has 2 heterocycles. The van der Waals surface area contributed by atoms with Crippen molar-refractivity contribution < 1.29 is 9.47 Å². The van der Waals surface area contributed by atoms with Gasteiger partial charge in [0.25, 0.3) is 0 Å². The lowest BCUT2D eigenvalue weighted by atomic mass is 10.2. The summed E-state index contributed by atoms with van der Waals surface area (Å²) in [5.74, 6) is 2.66. The van der Waals surface area contributed by atoms with Gasteiger partial charge >= 0.3 is 0 Å². The smallest absolute Gasteiger partial charge is 0.224 e. The van der Waals surface area contributed by atoms with Crippen LogP contribution in [0.5, 0.6) is 11.5 Å². The van der Waals surface area contributed by atoms with Crippen LogP contribution in [0.15, 0.2) is 24.5 Å². The van der Waals surface area contributed by atoms with Crippen molar-refractivity contribution in [3.63, 3.8) is 0 Å². The minimum atomic E-state index is 0.165. The lowest BCUT2D eigenvalue weighted by Gasteiger charge is -2.12. The van der Waals surface area contributed by atoms with Crippen LogP contribution in [0.3, 0.4) is 0 Å². The van der Waals surface area contributed by atoms with Crippen LogP contribution >= 0.6 is 11.6 Å². The Labute approximate surface area is 126 Å². The number of aryl methyl sites for hydroxylation is 1. The SMILES string of the molecule is COc1cc2nc(Cl)nc(-n3ccnc3C)c2cc1OC. The summed E-state index contributed by atoms with van der Waals surface area (Å²) in [6, 6.07) is 3.61. The summed E-state index contributed by atoms with van der Waals surface area (Å²) >= 11 is 6.03. The summed E-state index contributed by atoms with van der Waals surface area (Å²) < 4.78 is 12.5. The molecule has 108 valence electrons. The van der Waals surface area contributed by atoms with Gasteiger partial charge in [0.15, 0.2) is 17.3 Å². The molecule has 0 aliphatic rings. The molecular weight excluding hydrogens is 292 g/mol. The summed E-state index contributed by atoms with van der Waals surface area (Å²) in [6.07, 6.45) is 3.53. The fourth-order valence-electron chi connectivity index (χ4n) is 2.20. The van der Waals surface area contributed by atoms with Crippen LogP contribution in [-0.4, -0.2) is 33.7 Å². The molecule has 1 aromatic carbocycles. The highest BCUT2D eigenvalue weighted by Gasteiger charge is 2.14. The van der Waals surface area contributed by atoms with Gasteiger partial charge in [0, 0.05) is 23.8 Å². The first kappa shape index (κ1) is 13.6. The summed E-state index contributed by atoms with van der Waals surface area (Å²) in [5, 5.41) is 0.968. The average molecular weight is 305 g/mol. The second-order valence-electron chi connectivity index (χ2n) is 4.39. The number of aromatic nitrogens is 4. The molecule has 2 aromatic heterocycles. The molecule has 0 aliphatic heterocycles. The van der Waals surface area contributed by atoms with E-state index in [0.717, 1.165) is 11.2 Å². The topological polar surface area (TPSA) is 62.1 Å². The molecule has 3 aromatic rings. The van der Waals surface area contributed by atoms with Crippen molar-refractivity contribution in [3.8, 4) is 17.3 Å². The molecule has 0 amide bonds. The van der Waals surface area contributed by atoms with Gasteiger partial charge in [-0.2, -0.15) is 4.98 Å². The quantitative estimate of drug-likeness (QED) is 0.696. The number of hydrogen-bond donors (Lipinski definition) is 0. The molecule has 0 saturated heterocycles. The third-order valence-corrected chi connectivity index (χ3v) is 3.38. The van der Waals surface area contributed by atoms with Crippen LogP contribution in [0.4, 0.5) is 0 Å². The molecule has 0 spiro atoms. The first-order valence-electron chi connectivity index (χ1n) is 6.23. The second kappa shape index (κ2) is 5.21. The van der Waals surface area contributed by atoms with E-state index in [-0.39, 0.29) is 5.28 Å². The third-order valence-electron chi connectivity index (χ3n) is 3.21. The lowest BCUT2D eigenvalue weighted by molar-refractivity contribution is 0.355. The average Bonchev–Trinajstić information content (AvgIpc) is 2.91. The zero-order valence-corrected chi connectivity index (χ0v) is 12.5. The minimum absolute atomic E-state index is 0.165. The Bertz CT molecular complexity index is 816. The minimum Gasteiger partial charge on any atom is -0.493 e. The number of ether oxygens (including phenoxy) is 2. The molecule has 0 N–H and O–H groups in total. The molecule has 21 heavy (non-hydrogen) atoms. The van der Waals surface area contributed by atoms with Gasteiger partial charge < -0.3 is 9.47 Å². The van der Waals surface area contributed by atoms with Crippen molar-refractivity contribution in [2.24, 2.45) is 0 Å². The van der Waals surface area contributed by atoms with Crippen LogP contribution in [0.2, 0.25) is 5.28 Å². The van der Waals surface area contributed by atoms with E-state index in [1.165, 1.54) is 0 Å². The van der Waals surface area contributed by atoms with Gasteiger partial charge in [0.2, 0.25) is 5.28 Å². The first-order chi connectivity index (χ1) is 10.1. The highest BCUT2D eigenvalue weighted by atomic mass is 35.5. The predicted molar refractivity (Wildman–Crippen MR) is 79.5 cm³/mol. The van der Waals surface area contributed by atoms with Crippen LogP contribution in [0.25, 0.3) is 16.7 Å². The van der Waals surface area contributed by atoms with Gasteiger partial charge in [-0.15, -0.1) is 0 Å². The summed E-state index contributed by atoms with van der Waals surface area (Å²) in [5.41, 5.74) is 0.677. The predicted octanol–water partition coefficient (Wildman–Crippen LogP) is 2.79. The number of rotatable bonds is 3. The maximum atomic E-state index is 6.03. The third kappa shape index (κ3) is 2.27. The highest BCUT2D eigenvalue weighted by Crippen LogP contribution is 2.34. The number of hydrogen-bond acceptors (Lipinski definition) is 5. The highest BCUT2D eigenvalue weighted by molar-refractivity contribution is 6.28. The fraction of sp³-hybridized carbons (Fsp3) is 0.214. The van der Waals surface area contributed by atoms with Crippen molar-refractivity contribution in [1.29, 1.82) is 0 Å². The Morgan fingerprint density at radius 3 is 2.43 bits per heavy atom. The van der Waals surface area contributed by atoms with Gasteiger partial charge in [-0.1, -0.05) is 0 Å². The molecule has 0 atom stereocenters. The molecule has 6 nitrogen and oxygen atoms in total. The molecule has 0 fully saturated rings. The number of halogens is 1.